The van der Waals surface area contributed by atoms with Crippen LogP contribution in [0.4, 0.5) is 15.8 Å². The summed E-state index contributed by atoms with van der Waals surface area (Å²) in [6, 6.07) is 4.47. The molecule has 124 valence electrons. The second-order valence-corrected chi connectivity index (χ2v) is 5.91. The van der Waals surface area contributed by atoms with Gasteiger partial charge in [-0.25, -0.2) is 4.39 Å². The van der Waals surface area contributed by atoms with Crippen LogP contribution < -0.4 is 10.6 Å². The minimum atomic E-state index is -0.580. The van der Waals surface area contributed by atoms with Crippen molar-refractivity contribution in [3.05, 3.63) is 53.1 Å². The van der Waals surface area contributed by atoms with E-state index in [0.717, 1.165) is 11.1 Å². The van der Waals surface area contributed by atoms with Gasteiger partial charge < -0.3 is 10.6 Å². The number of carbonyl (C=O) groups is 2. The number of benzene rings is 1. The first-order valence-corrected chi connectivity index (χ1v) is 7.87. The fourth-order valence-corrected chi connectivity index (χ4v) is 2.91. The van der Waals surface area contributed by atoms with E-state index >= 15 is 0 Å². The first-order chi connectivity index (χ1) is 11.5. The maximum Gasteiger partial charge on any atom is 0.256 e. The number of anilines is 2. The van der Waals surface area contributed by atoms with E-state index < -0.39 is 5.82 Å². The third-order valence-electron chi connectivity index (χ3n) is 4.21. The summed E-state index contributed by atoms with van der Waals surface area (Å²) in [4.78, 5) is 28.0. The monoisotopic (exact) mass is 327 g/mol. The van der Waals surface area contributed by atoms with E-state index in [1.807, 2.05) is 13.8 Å². The number of aromatic nitrogens is 1. The predicted molar refractivity (Wildman–Crippen MR) is 89.6 cm³/mol. The van der Waals surface area contributed by atoms with E-state index in [-0.39, 0.29) is 23.4 Å². The van der Waals surface area contributed by atoms with Crippen LogP contribution in [0.1, 0.15) is 47.7 Å². The topological polar surface area (TPSA) is 71.1 Å². The second-order valence-electron chi connectivity index (χ2n) is 5.91. The van der Waals surface area contributed by atoms with Crippen molar-refractivity contribution in [3.63, 3.8) is 0 Å². The van der Waals surface area contributed by atoms with Crippen LogP contribution in [0.25, 0.3) is 0 Å². The summed E-state index contributed by atoms with van der Waals surface area (Å²) < 4.78 is 14.3. The molecular weight excluding hydrogens is 309 g/mol. The summed E-state index contributed by atoms with van der Waals surface area (Å²) in [7, 11) is 0. The molecular formula is C18H18FN3O2. The molecule has 0 saturated heterocycles. The Kier molecular flexibility index (Phi) is 4.29. The van der Waals surface area contributed by atoms with Crippen molar-refractivity contribution in [3.8, 4) is 0 Å². The van der Waals surface area contributed by atoms with E-state index in [4.69, 9.17) is 0 Å². The molecule has 2 aromatic rings. The summed E-state index contributed by atoms with van der Waals surface area (Å²) >= 11 is 0. The number of carbonyl (C=O) groups excluding carboxylic acids is 2. The highest BCUT2D eigenvalue weighted by Gasteiger charge is 2.24. The van der Waals surface area contributed by atoms with Gasteiger partial charge in [0, 0.05) is 30.1 Å². The average Bonchev–Trinajstić information content (AvgIpc) is 2.55. The van der Waals surface area contributed by atoms with Crippen molar-refractivity contribution in [1.82, 2.24) is 4.98 Å². The van der Waals surface area contributed by atoms with E-state index in [9.17, 15) is 14.0 Å². The third kappa shape index (κ3) is 2.99. The van der Waals surface area contributed by atoms with Gasteiger partial charge in [-0.2, -0.15) is 0 Å². The Morgan fingerprint density at radius 3 is 3.00 bits per heavy atom. The van der Waals surface area contributed by atoms with Gasteiger partial charge in [0.15, 0.2) is 0 Å². The quantitative estimate of drug-likeness (QED) is 0.906. The van der Waals surface area contributed by atoms with Gasteiger partial charge in [0.1, 0.15) is 5.82 Å². The molecule has 0 spiro atoms. The molecule has 2 N–H and O–H groups in total. The lowest BCUT2D eigenvalue weighted by Crippen LogP contribution is -2.22. The number of pyridine rings is 1. The smallest absolute Gasteiger partial charge is 0.256 e. The summed E-state index contributed by atoms with van der Waals surface area (Å²) in [5, 5.41) is 5.29. The highest BCUT2D eigenvalue weighted by Crippen LogP contribution is 2.35. The normalized spacial score (nSPS) is 16.3. The van der Waals surface area contributed by atoms with E-state index in [2.05, 4.69) is 15.6 Å². The van der Waals surface area contributed by atoms with Gasteiger partial charge in [0.05, 0.1) is 5.69 Å². The van der Waals surface area contributed by atoms with E-state index in [0.29, 0.717) is 24.1 Å². The summed E-state index contributed by atoms with van der Waals surface area (Å²) in [5.41, 5.74) is 2.67. The predicted octanol–water partition coefficient (Wildman–Crippen LogP) is 3.48. The SMILES string of the molecule is CCc1cnccc1C(=O)Nc1cc2c(cc1F)NC(=O)CC2C. The molecule has 0 radical (unpaired) electrons. The number of amides is 2. The van der Waals surface area contributed by atoms with Crippen molar-refractivity contribution in [2.45, 2.75) is 32.6 Å². The van der Waals surface area contributed by atoms with Crippen molar-refractivity contribution in [2.75, 3.05) is 10.6 Å². The van der Waals surface area contributed by atoms with Crippen molar-refractivity contribution in [1.29, 1.82) is 0 Å². The number of aryl methyl sites for hydroxylation is 1. The van der Waals surface area contributed by atoms with Crippen LogP contribution in [0, 0.1) is 5.82 Å². The van der Waals surface area contributed by atoms with Crippen LogP contribution >= 0.6 is 0 Å². The van der Waals surface area contributed by atoms with Crippen LogP contribution in [-0.4, -0.2) is 16.8 Å². The van der Waals surface area contributed by atoms with Gasteiger partial charge in [0.25, 0.3) is 5.91 Å². The summed E-state index contributed by atoms with van der Waals surface area (Å²) in [6.07, 6.45) is 4.17. The van der Waals surface area contributed by atoms with E-state index in [1.54, 1.807) is 18.3 Å². The van der Waals surface area contributed by atoms with Gasteiger partial charge in [0.2, 0.25) is 5.91 Å². The number of halogens is 1. The number of nitrogens with zero attached hydrogens (tertiary/aromatic N) is 1. The molecule has 0 aliphatic carbocycles. The van der Waals surface area contributed by atoms with Gasteiger partial charge in [-0.05, 0) is 41.7 Å². The molecule has 2 heterocycles. The van der Waals surface area contributed by atoms with Crippen LogP contribution in [0.3, 0.4) is 0 Å². The fourth-order valence-electron chi connectivity index (χ4n) is 2.91. The zero-order chi connectivity index (χ0) is 17.3. The average molecular weight is 327 g/mol. The molecule has 1 aromatic carbocycles. The summed E-state index contributed by atoms with van der Waals surface area (Å²) in [6.45, 7) is 3.83. The Hall–Kier alpha value is -2.76. The second kappa shape index (κ2) is 6.39. The number of fused-ring (bicyclic) bond motifs is 1. The van der Waals surface area contributed by atoms with Crippen molar-refractivity contribution < 1.29 is 14.0 Å². The number of rotatable bonds is 3. The zero-order valence-corrected chi connectivity index (χ0v) is 13.5. The van der Waals surface area contributed by atoms with Crippen LogP contribution in [0.5, 0.6) is 0 Å². The van der Waals surface area contributed by atoms with Crippen LogP contribution in [0.15, 0.2) is 30.6 Å². The molecule has 6 heteroatoms. The first-order valence-electron chi connectivity index (χ1n) is 7.87. The Bertz CT molecular complexity index is 820. The standard InChI is InChI=1S/C18H18FN3O2/c1-3-11-9-20-5-4-12(11)18(24)22-16-7-13-10(2)6-17(23)21-15(13)8-14(16)19/h4-5,7-10H,3,6H2,1-2H3,(H,21,23)(H,22,24). The molecule has 1 atom stereocenters. The molecule has 1 unspecified atom stereocenters. The lowest BCUT2D eigenvalue weighted by molar-refractivity contribution is -0.116. The number of nitrogens with one attached hydrogen (secondary N) is 2. The lowest BCUT2D eigenvalue weighted by Gasteiger charge is -2.23. The minimum absolute atomic E-state index is 0.0304. The molecule has 2 amide bonds. The van der Waals surface area contributed by atoms with E-state index in [1.165, 1.54) is 12.3 Å². The molecule has 1 aliphatic rings. The lowest BCUT2D eigenvalue weighted by atomic mass is 9.91. The van der Waals surface area contributed by atoms with Gasteiger partial charge in [-0.1, -0.05) is 13.8 Å². The molecule has 1 aliphatic heterocycles. The first kappa shape index (κ1) is 16.1. The van der Waals surface area contributed by atoms with Gasteiger partial charge in [-0.3, -0.25) is 14.6 Å². The van der Waals surface area contributed by atoms with Gasteiger partial charge >= 0.3 is 0 Å². The van der Waals surface area contributed by atoms with Crippen LogP contribution in [0.2, 0.25) is 0 Å². The van der Waals surface area contributed by atoms with Crippen molar-refractivity contribution >= 4 is 23.2 Å². The molecule has 24 heavy (non-hydrogen) atoms. The highest BCUT2D eigenvalue weighted by atomic mass is 19.1. The Balaban J connectivity index is 1.92. The molecule has 3 rings (SSSR count). The molecule has 0 bridgehead atoms. The fraction of sp³-hybridized carbons (Fsp3) is 0.278. The molecule has 5 nitrogen and oxygen atoms in total. The molecule has 0 saturated carbocycles. The third-order valence-corrected chi connectivity index (χ3v) is 4.21. The Morgan fingerprint density at radius 2 is 2.25 bits per heavy atom. The number of hydrogen-bond donors (Lipinski definition) is 2. The maximum atomic E-state index is 14.3. The maximum absolute atomic E-state index is 14.3. The minimum Gasteiger partial charge on any atom is -0.326 e. The zero-order valence-electron chi connectivity index (χ0n) is 13.5. The highest BCUT2D eigenvalue weighted by molar-refractivity contribution is 6.05. The Morgan fingerprint density at radius 1 is 1.46 bits per heavy atom. The number of hydrogen-bond acceptors (Lipinski definition) is 3. The Labute approximate surface area is 139 Å². The van der Waals surface area contributed by atoms with Crippen LogP contribution in [-0.2, 0) is 11.2 Å². The largest absolute Gasteiger partial charge is 0.326 e. The summed E-state index contributed by atoms with van der Waals surface area (Å²) in [5.74, 6) is -1.11. The van der Waals surface area contributed by atoms with Gasteiger partial charge in [-0.15, -0.1) is 0 Å². The van der Waals surface area contributed by atoms with Crippen molar-refractivity contribution in [2.24, 2.45) is 0 Å². The molecule has 0 fully saturated rings. The molecule has 1 aromatic heterocycles.